The quantitative estimate of drug-likeness (QED) is 0.887. The Labute approximate surface area is 148 Å². The number of likely N-dealkylation sites (tertiary alicyclic amines) is 1. The molecule has 0 radical (unpaired) electrons. The largest absolute Gasteiger partial charge is 0.340 e. The first-order chi connectivity index (χ1) is 11.8. The Morgan fingerprint density at radius 2 is 1.84 bits per heavy atom. The molecule has 2 saturated heterocycles. The fourth-order valence-corrected chi connectivity index (χ4v) is 3.84. The summed E-state index contributed by atoms with van der Waals surface area (Å²) in [5.74, 6) is -1.60. The van der Waals surface area contributed by atoms with Crippen molar-refractivity contribution in [2.45, 2.75) is 32.2 Å². The van der Waals surface area contributed by atoms with E-state index in [4.69, 9.17) is 0 Å². The van der Waals surface area contributed by atoms with Gasteiger partial charge in [0.1, 0.15) is 11.6 Å². The number of benzene rings is 1. The Kier molecular flexibility index (Phi) is 5.11. The van der Waals surface area contributed by atoms with Crippen molar-refractivity contribution >= 4 is 5.91 Å². The van der Waals surface area contributed by atoms with Crippen molar-refractivity contribution in [3.8, 4) is 0 Å². The molecular formula is C19H27F2N3O. The highest BCUT2D eigenvalue weighted by Gasteiger charge is 2.44. The van der Waals surface area contributed by atoms with Crippen molar-refractivity contribution in [3.05, 3.63) is 35.4 Å². The lowest BCUT2D eigenvalue weighted by Gasteiger charge is -2.33. The van der Waals surface area contributed by atoms with Crippen LogP contribution in [-0.2, 0) is 4.79 Å². The predicted molar refractivity (Wildman–Crippen MR) is 93.4 cm³/mol. The van der Waals surface area contributed by atoms with Gasteiger partial charge in [-0.1, -0.05) is 6.07 Å². The zero-order valence-electron chi connectivity index (χ0n) is 15.2. The van der Waals surface area contributed by atoms with E-state index in [1.165, 1.54) is 12.1 Å². The van der Waals surface area contributed by atoms with Crippen molar-refractivity contribution < 1.29 is 13.6 Å². The Morgan fingerprint density at radius 3 is 2.44 bits per heavy atom. The first-order valence-corrected chi connectivity index (χ1v) is 8.97. The third-order valence-electron chi connectivity index (χ3n) is 5.38. The molecule has 1 amide bonds. The molecule has 2 aliphatic heterocycles. The van der Waals surface area contributed by atoms with Gasteiger partial charge in [0.15, 0.2) is 0 Å². The van der Waals surface area contributed by atoms with Gasteiger partial charge in [-0.15, -0.1) is 0 Å². The summed E-state index contributed by atoms with van der Waals surface area (Å²) in [5, 5.41) is 3.25. The summed E-state index contributed by atoms with van der Waals surface area (Å²) in [6.45, 7) is 10.5. The van der Waals surface area contributed by atoms with Gasteiger partial charge < -0.3 is 10.2 Å². The molecule has 1 N–H and O–H groups in total. The maximum Gasteiger partial charge on any atom is 0.227 e. The zero-order chi connectivity index (χ0) is 18.2. The van der Waals surface area contributed by atoms with E-state index in [1.807, 2.05) is 4.90 Å². The van der Waals surface area contributed by atoms with E-state index in [0.717, 1.165) is 19.2 Å². The standard InChI is InChI=1S/C19H27F2N3O/c1-19(2,3)24-11-15(14-5-4-13(20)10-17(14)21)16(12-24)18(25)23-8-6-22-7-9-23/h4-5,10,15-16,22H,6-9,11-12H2,1-3H3/t15-,16+/m0/s1. The molecule has 0 aliphatic carbocycles. The van der Waals surface area contributed by atoms with Crippen LogP contribution < -0.4 is 5.32 Å². The van der Waals surface area contributed by atoms with E-state index in [0.29, 0.717) is 31.7 Å². The molecule has 6 heteroatoms. The van der Waals surface area contributed by atoms with Gasteiger partial charge in [-0.3, -0.25) is 9.69 Å². The molecular weight excluding hydrogens is 324 g/mol. The molecule has 1 aromatic carbocycles. The Morgan fingerprint density at radius 1 is 1.16 bits per heavy atom. The van der Waals surface area contributed by atoms with Gasteiger partial charge in [-0.25, -0.2) is 8.78 Å². The minimum absolute atomic E-state index is 0.0852. The van der Waals surface area contributed by atoms with E-state index < -0.39 is 11.6 Å². The molecule has 4 nitrogen and oxygen atoms in total. The lowest BCUT2D eigenvalue weighted by molar-refractivity contribution is -0.136. The minimum Gasteiger partial charge on any atom is -0.340 e. The van der Waals surface area contributed by atoms with Crippen molar-refractivity contribution in [2.24, 2.45) is 5.92 Å². The van der Waals surface area contributed by atoms with Gasteiger partial charge in [0.25, 0.3) is 0 Å². The van der Waals surface area contributed by atoms with Crippen LogP contribution >= 0.6 is 0 Å². The molecule has 2 fully saturated rings. The zero-order valence-corrected chi connectivity index (χ0v) is 15.2. The van der Waals surface area contributed by atoms with Crippen LogP contribution in [0.25, 0.3) is 0 Å². The SMILES string of the molecule is CC(C)(C)N1C[C@@H](C(=O)N2CCNCC2)[C@H](c2ccc(F)cc2F)C1. The normalized spacial score (nSPS) is 25.4. The van der Waals surface area contributed by atoms with Crippen LogP contribution in [0.4, 0.5) is 8.78 Å². The Bertz CT molecular complexity index is 638. The average Bonchev–Trinajstić information content (AvgIpc) is 3.00. The number of hydrogen-bond acceptors (Lipinski definition) is 3. The lowest BCUT2D eigenvalue weighted by atomic mass is 9.87. The number of halogens is 2. The van der Waals surface area contributed by atoms with Gasteiger partial charge >= 0.3 is 0 Å². The molecule has 2 heterocycles. The summed E-state index contributed by atoms with van der Waals surface area (Å²) in [6, 6.07) is 3.70. The molecule has 3 rings (SSSR count). The molecule has 0 bridgehead atoms. The topological polar surface area (TPSA) is 35.6 Å². The van der Waals surface area contributed by atoms with Crippen LogP contribution in [0.5, 0.6) is 0 Å². The number of rotatable bonds is 2. The highest BCUT2D eigenvalue weighted by atomic mass is 19.1. The predicted octanol–water partition coefficient (Wildman–Crippen LogP) is 2.21. The van der Waals surface area contributed by atoms with Gasteiger partial charge in [0.05, 0.1) is 5.92 Å². The lowest BCUT2D eigenvalue weighted by Crippen LogP contribution is -2.49. The molecule has 25 heavy (non-hydrogen) atoms. The first-order valence-electron chi connectivity index (χ1n) is 8.97. The summed E-state index contributed by atoms with van der Waals surface area (Å²) in [4.78, 5) is 17.2. The van der Waals surface area contributed by atoms with Gasteiger partial charge in [0, 0.05) is 56.8 Å². The van der Waals surface area contributed by atoms with Crippen LogP contribution in [0.3, 0.4) is 0 Å². The number of carbonyl (C=O) groups is 1. The second-order valence-corrected chi connectivity index (χ2v) is 8.03. The van der Waals surface area contributed by atoms with Crippen molar-refractivity contribution in [1.82, 2.24) is 15.1 Å². The van der Waals surface area contributed by atoms with Crippen molar-refractivity contribution in [1.29, 1.82) is 0 Å². The average molecular weight is 351 g/mol. The molecule has 2 aliphatic rings. The molecule has 2 atom stereocenters. The number of hydrogen-bond donors (Lipinski definition) is 1. The van der Waals surface area contributed by atoms with Crippen LogP contribution in [0.1, 0.15) is 32.3 Å². The third-order valence-corrected chi connectivity index (χ3v) is 5.38. The van der Waals surface area contributed by atoms with E-state index in [2.05, 4.69) is 31.0 Å². The highest BCUT2D eigenvalue weighted by Crippen LogP contribution is 2.38. The maximum atomic E-state index is 14.4. The van der Waals surface area contributed by atoms with E-state index in [9.17, 15) is 13.6 Å². The fourth-order valence-electron chi connectivity index (χ4n) is 3.84. The smallest absolute Gasteiger partial charge is 0.227 e. The second-order valence-electron chi connectivity index (χ2n) is 8.03. The first kappa shape index (κ1) is 18.3. The van der Waals surface area contributed by atoms with Crippen LogP contribution in [0.15, 0.2) is 18.2 Å². The molecule has 0 unspecified atom stereocenters. The van der Waals surface area contributed by atoms with Crippen LogP contribution in [-0.4, -0.2) is 60.5 Å². The number of nitrogens with one attached hydrogen (secondary N) is 1. The van der Waals surface area contributed by atoms with Crippen LogP contribution in [0, 0.1) is 17.6 Å². The Hall–Kier alpha value is -1.53. The maximum absolute atomic E-state index is 14.4. The van der Waals surface area contributed by atoms with E-state index in [1.54, 1.807) is 0 Å². The number of piperazine rings is 1. The van der Waals surface area contributed by atoms with E-state index in [-0.39, 0.29) is 23.3 Å². The minimum atomic E-state index is -0.586. The van der Waals surface area contributed by atoms with Crippen LogP contribution in [0.2, 0.25) is 0 Å². The molecule has 0 spiro atoms. The third kappa shape index (κ3) is 3.85. The second kappa shape index (κ2) is 7.00. The summed E-state index contributed by atoms with van der Waals surface area (Å²) in [5.41, 5.74) is 0.342. The molecule has 138 valence electrons. The highest BCUT2D eigenvalue weighted by molar-refractivity contribution is 5.81. The number of amides is 1. The summed E-state index contributed by atoms with van der Waals surface area (Å²) in [6.07, 6.45) is 0. The molecule has 1 aromatic rings. The van der Waals surface area contributed by atoms with Crippen molar-refractivity contribution in [2.75, 3.05) is 39.3 Å². The number of carbonyl (C=O) groups excluding carboxylic acids is 1. The summed E-state index contributed by atoms with van der Waals surface area (Å²) >= 11 is 0. The summed E-state index contributed by atoms with van der Waals surface area (Å²) in [7, 11) is 0. The van der Waals surface area contributed by atoms with Gasteiger partial charge in [0.2, 0.25) is 5.91 Å². The Balaban J connectivity index is 1.90. The monoisotopic (exact) mass is 351 g/mol. The van der Waals surface area contributed by atoms with E-state index >= 15 is 0 Å². The number of nitrogens with zero attached hydrogens (tertiary/aromatic N) is 2. The fraction of sp³-hybridized carbons (Fsp3) is 0.632. The molecule has 0 saturated carbocycles. The van der Waals surface area contributed by atoms with Crippen molar-refractivity contribution in [3.63, 3.8) is 0 Å². The van der Waals surface area contributed by atoms with Gasteiger partial charge in [-0.2, -0.15) is 0 Å². The summed E-state index contributed by atoms with van der Waals surface area (Å²) < 4.78 is 27.7. The van der Waals surface area contributed by atoms with Gasteiger partial charge in [-0.05, 0) is 32.4 Å². The molecule has 0 aromatic heterocycles.